The number of para-hydroxylation sites is 6. The largest absolute Gasteiger partial charge is 0.509 e. The minimum atomic E-state index is -2.47. The number of aryl methyl sites for hydroxylation is 1. The number of rotatable bonds is 7. The second-order valence-electron chi connectivity index (χ2n) is 23.5. The van der Waals surface area contributed by atoms with Gasteiger partial charge in [0.1, 0.15) is 17.3 Å². The van der Waals surface area contributed by atoms with E-state index in [4.69, 9.17) is 19.1 Å². The van der Waals surface area contributed by atoms with E-state index in [-0.39, 0.29) is 72.0 Å². The van der Waals surface area contributed by atoms with Gasteiger partial charge in [0.25, 0.3) is 0 Å². The Morgan fingerprint density at radius 1 is 0.566 bits per heavy atom. The van der Waals surface area contributed by atoms with Crippen LogP contribution in [0.15, 0.2) is 224 Å². The molecule has 10 aromatic carbocycles. The van der Waals surface area contributed by atoms with Crippen molar-refractivity contribution in [3.63, 3.8) is 0 Å². The van der Waals surface area contributed by atoms with E-state index in [1.807, 2.05) is 36.4 Å². The van der Waals surface area contributed by atoms with Gasteiger partial charge in [-0.05, 0) is 116 Å². The smallest absolute Gasteiger partial charge is 0.135 e. The first-order chi connectivity index (χ1) is 42.7. The van der Waals surface area contributed by atoms with Crippen molar-refractivity contribution < 1.29 is 40.1 Å². The van der Waals surface area contributed by atoms with Gasteiger partial charge >= 0.3 is 0 Å². The molecule has 0 radical (unpaired) electrons. The van der Waals surface area contributed by atoms with Gasteiger partial charge in [0.15, 0.2) is 0 Å². The van der Waals surface area contributed by atoms with E-state index in [0.29, 0.717) is 22.3 Å². The summed E-state index contributed by atoms with van der Waals surface area (Å²) in [4.78, 5) is 9.01. The number of nitrogens with zero attached hydrogens (tertiary/aromatic N) is 4. The van der Waals surface area contributed by atoms with Crippen LogP contribution >= 0.6 is 0 Å². The molecule has 15 rings (SSSR count). The zero-order valence-corrected chi connectivity index (χ0v) is 48.8. The first-order valence-corrected chi connectivity index (χ1v) is 27.8. The van der Waals surface area contributed by atoms with E-state index in [0.717, 1.165) is 73.1 Å². The molecule has 0 saturated carbocycles. The van der Waals surface area contributed by atoms with E-state index in [2.05, 4.69) is 209 Å². The summed E-state index contributed by atoms with van der Waals surface area (Å²) in [7, 11) is 0. The third kappa shape index (κ3) is 8.28. The molecule has 12 aromatic rings. The molecule has 6 nitrogen and oxygen atoms in total. The first-order valence-electron chi connectivity index (χ1n) is 31.3. The van der Waals surface area contributed by atoms with Crippen molar-refractivity contribution in [1.29, 1.82) is 0 Å². The van der Waals surface area contributed by atoms with Crippen LogP contribution in [0.3, 0.4) is 0 Å². The van der Waals surface area contributed by atoms with Crippen molar-refractivity contribution in [3.8, 4) is 62.2 Å². The summed E-state index contributed by atoms with van der Waals surface area (Å²) < 4.78 is 74.8. The van der Waals surface area contributed by atoms with Gasteiger partial charge in [-0.3, -0.25) is 0 Å². The number of hydrogen-bond donors (Lipinski definition) is 0. The Morgan fingerprint density at radius 3 is 1.93 bits per heavy atom. The van der Waals surface area contributed by atoms with E-state index >= 15 is 0 Å². The quantitative estimate of drug-likeness (QED) is 0.149. The topological polar surface area (TPSA) is 42.8 Å². The molecule has 0 unspecified atom stereocenters. The van der Waals surface area contributed by atoms with Crippen LogP contribution in [0.1, 0.15) is 90.1 Å². The summed E-state index contributed by atoms with van der Waals surface area (Å²) in [5.74, 6) is 2.46. The van der Waals surface area contributed by atoms with E-state index < -0.39 is 24.4 Å². The van der Waals surface area contributed by atoms with E-state index in [9.17, 15) is 0 Å². The van der Waals surface area contributed by atoms with Crippen molar-refractivity contribution in [2.45, 2.75) is 64.6 Å². The van der Waals surface area contributed by atoms with Gasteiger partial charge in [-0.2, -0.15) is 12.1 Å². The van der Waals surface area contributed by atoms with Gasteiger partial charge in [0.2, 0.25) is 0 Å². The second kappa shape index (κ2) is 19.6. The van der Waals surface area contributed by atoms with Crippen LogP contribution in [0.5, 0.6) is 23.0 Å². The SMILES string of the molecule is [2H]c1c([2H])c([2H])c2c(c1[2H])c1ccc(Oc3[c-]c(N4[CH-]N(c5c(-c6cc(C(C)(C)C)cc(C(C)(C)C)c6)cccc5-c5cccc6c5-c5ccccc5C65c6ccccc6Oc6ccccc65)c5ccccc54)ccc3)[c-]c1n2-c1cc(C([2H])([2H])[2H])ccn1.[Pt]. The molecule has 2 aromatic heterocycles. The Hall–Kier alpha value is -8.96. The van der Waals surface area contributed by atoms with Crippen LogP contribution in [0.25, 0.3) is 61.0 Å². The Morgan fingerprint density at radius 2 is 1.18 bits per heavy atom. The van der Waals surface area contributed by atoms with E-state index in [1.54, 1.807) is 12.1 Å². The molecule has 4 heterocycles. The summed E-state index contributed by atoms with van der Waals surface area (Å²) in [5, 5.41) is 0.711. The predicted octanol–water partition coefficient (Wildman–Crippen LogP) is 19.7. The Labute approximate surface area is 510 Å². The molecular formula is C76H59N4O2Pt-3. The van der Waals surface area contributed by atoms with Crippen LogP contribution in [0.2, 0.25) is 0 Å². The average molecular weight is 1260 g/mol. The van der Waals surface area contributed by atoms with Crippen LogP contribution in [0.4, 0.5) is 22.7 Å². The monoisotopic (exact) mass is 1260 g/mol. The van der Waals surface area contributed by atoms with Gasteiger partial charge in [-0.15, -0.1) is 48.1 Å². The maximum atomic E-state index is 9.08. The number of benzene rings is 10. The molecule has 3 aliphatic rings. The van der Waals surface area contributed by atoms with Gasteiger partial charge < -0.3 is 23.8 Å². The molecule has 83 heavy (non-hydrogen) atoms. The number of ether oxygens (including phenoxy) is 2. The maximum Gasteiger partial charge on any atom is 0.135 e. The molecule has 0 bridgehead atoms. The van der Waals surface area contributed by atoms with Gasteiger partial charge in [-0.1, -0.05) is 193 Å². The summed E-state index contributed by atoms with van der Waals surface area (Å²) in [6.07, 6.45) is 1.38. The Bertz CT molecular complexity index is 4870. The molecule has 0 N–H and O–H groups in total. The van der Waals surface area contributed by atoms with Crippen LogP contribution < -0.4 is 19.3 Å². The Balaban J connectivity index is 0.00000707. The molecule has 2 aliphatic heterocycles. The van der Waals surface area contributed by atoms with Crippen LogP contribution in [-0.2, 0) is 37.3 Å². The third-order valence-electron chi connectivity index (χ3n) is 16.5. The fourth-order valence-corrected chi connectivity index (χ4v) is 12.7. The Kier molecular flexibility index (Phi) is 10.6. The fourth-order valence-electron chi connectivity index (χ4n) is 12.7. The zero-order chi connectivity index (χ0) is 61.6. The molecule has 408 valence electrons. The first kappa shape index (κ1) is 44.7. The van der Waals surface area contributed by atoms with Crippen molar-refractivity contribution >= 4 is 44.6 Å². The minimum Gasteiger partial charge on any atom is -0.509 e. The zero-order valence-electron chi connectivity index (χ0n) is 53.6. The molecule has 1 aliphatic carbocycles. The molecule has 0 atom stereocenters. The fraction of sp³-hybridized carbons (Fsp3) is 0.132. The molecule has 0 fully saturated rings. The molecule has 0 saturated heterocycles. The number of hydrogen-bond acceptors (Lipinski definition) is 5. The standard InChI is InChI=1S/C76H59N4O2.Pt/c1-48-39-40-77-71(41-48)80-65-32-13-9-23-56(65)57-38-37-54(46-68(57)80)81-53-22-18-21-52(45-53)78-47-79(67-34-15-14-33-66(67)78)73-55(49-42-50(74(2,3)4)44-51(43-49)75(5,6)7)25-19-27-59(73)58-26-20-31-64-72(58)60-24-8-10-28-61(60)76(64)62-29-11-16-35-69(62)82-70-36-17-12-30-63(70)76;/h8-44,47H,1-7H3;/q-3;/i1D3,9D,13D,23D,32D;. The van der Waals surface area contributed by atoms with Gasteiger partial charge in [-0.25, -0.2) is 4.98 Å². The number of aromatic nitrogens is 2. The molecule has 0 amide bonds. The van der Waals surface area contributed by atoms with Gasteiger partial charge in [0.05, 0.1) is 10.9 Å². The van der Waals surface area contributed by atoms with Crippen LogP contribution in [-0.4, -0.2) is 9.55 Å². The molecular weight excluding hydrogens is 1200 g/mol. The average Bonchev–Trinajstić information content (AvgIpc) is 1.48. The number of pyridine rings is 1. The number of anilines is 4. The van der Waals surface area contributed by atoms with Crippen molar-refractivity contribution in [1.82, 2.24) is 9.55 Å². The second-order valence-corrected chi connectivity index (χ2v) is 23.5. The van der Waals surface area contributed by atoms with Crippen molar-refractivity contribution in [2.75, 3.05) is 9.80 Å². The summed E-state index contributed by atoms with van der Waals surface area (Å²) in [5.41, 5.74) is 16.7. The van der Waals surface area contributed by atoms with Crippen molar-refractivity contribution in [2.24, 2.45) is 0 Å². The normalized spacial score (nSPS) is 15.1. The molecule has 7 heteroatoms. The van der Waals surface area contributed by atoms with E-state index in [1.165, 1.54) is 45.2 Å². The van der Waals surface area contributed by atoms with Crippen molar-refractivity contribution in [3.05, 3.63) is 282 Å². The predicted molar refractivity (Wildman–Crippen MR) is 335 cm³/mol. The number of fused-ring (bicyclic) bond motifs is 13. The molecule has 1 spiro atoms. The minimum absolute atomic E-state index is 0. The summed E-state index contributed by atoms with van der Waals surface area (Å²) >= 11 is 0. The summed E-state index contributed by atoms with van der Waals surface area (Å²) in [6.45, 7) is 13.4. The van der Waals surface area contributed by atoms with Gasteiger partial charge in [0, 0.05) is 87.7 Å². The third-order valence-corrected chi connectivity index (χ3v) is 16.5. The maximum absolute atomic E-state index is 9.08. The summed E-state index contributed by atoms with van der Waals surface area (Å²) in [6, 6.07) is 72.5. The van der Waals surface area contributed by atoms with Crippen LogP contribution in [0, 0.1) is 25.7 Å².